The Balaban J connectivity index is 1.87. The van der Waals surface area contributed by atoms with Gasteiger partial charge in [0.15, 0.2) is 5.57 Å². The van der Waals surface area contributed by atoms with Gasteiger partial charge in [0.2, 0.25) is 0 Å². The van der Waals surface area contributed by atoms with Crippen LogP contribution in [0.5, 0.6) is 0 Å². The number of benzene rings is 2. The fraction of sp³-hybridized carbons (Fsp3) is 0.158. The van der Waals surface area contributed by atoms with Crippen LogP contribution in [0, 0.1) is 10.1 Å². The number of carbonyl (C=O) groups is 2. The van der Waals surface area contributed by atoms with Gasteiger partial charge in [0, 0.05) is 35.9 Å². The van der Waals surface area contributed by atoms with E-state index in [2.05, 4.69) is 5.32 Å². The largest absolute Gasteiger partial charge is 0.419 e. The molecule has 1 heterocycles. The SMILES string of the molecule is CC1(C)OC(=O)C(=CNc2cc(Sc3ccccc3)ccc2[N+](=O)[O-])C(=O)O1. The maximum absolute atomic E-state index is 12.0. The zero-order valence-electron chi connectivity index (χ0n) is 15.0. The third-order valence-corrected chi connectivity index (χ3v) is 4.63. The molecule has 8 nitrogen and oxygen atoms in total. The highest BCUT2D eigenvalue weighted by molar-refractivity contribution is 7.99. The summed E-state index contributed by atoms with van der Waals surface area (Å²) < 4.78 is 9.99. The van der Waals surface area contributed by atoms with E-state index in [-0.39, 0.29) is 16.9 Å². The van der Waals surface area contributed by atoms with Gasteiger partial charge in [-0.25, -0.2) is 9.59 Å². The molecule has 0 atom stereocenters. The Morgan fingerprint density at radius 2 is 1.68 bits per heavy atom. The maximum atomic E-state index is 12.0. The highest BCUT2D eigenvalue weighted by Gasteiger charge is 2.39. The number of nitrogens with one attached hydrogen (secondary N) is 1. The quantitative estimate of drug-likeness (QED) is 0.265. The first-order valence-corrected chi connectivity index (χ1v) is 9.01. The lowest BCUT2D eigenvalue weighted by atomic mass is 10.2. The highest BCUT2D eigenvalue weighted by Crippen LogP contribution is 2.34. The van der Waals surface area contributed by atoms with Gasteiger partial charge in [-0.2, -0.15) is 0 Å². The number of rotatable bonds is 5. The zero-order chi connectivity index (χ0) is 20.3. The number of nitro benzene ring substituents is 1. The fourth-order valence-corrected chi connectivity index (χ4v) is 3.28. The number of nitrogens with zero attached hydrogens (tertiary/aromatic N) is 1. The molecule has 1 aliphatic rings. The van der Waals surface area contributed by atoms with E-state index in [9.17, 15) is 19.7 Å². The van der Waals surface area contributed by atoms with Crippen LogP contribution in [0.15, 0.2) is 70.1 Å². The minimum atomic E-state index is -1.36. The van der Waals surface area contributed by atoms with Crippen LogP contribution in [0.25, 0.3) is 0 Å². The van der Waals surface area contributed by atoms with Crippen molar-refractivity contribution in [3.05, 3.63) is 70.4 Å². The molecule has 0 radical (unpaired) electrons. The van der Waals surface area contributed by atoms with E-state index in [4.69, 9.17) is 9.47 Å². The molecule has 144 valence electrons. The maximum Gasteiger partial charge on any atom is 0.350 e. The van der Waals surface area contributed by atoms with Crippen LogP contribution in [0.4, 0.5) is 11.4 Å². The van der Waals surface area contributed by atoms with Crippen molar-refractivity contribution in [1.29, 1.82) is 0 Å². The van der Waals surface area contributed by atoms with Gasteiger partial charge >= 0.3 is 11.9 Å². The third kappa shape index (κ3) is 4.49. The van der Waals surface area contributed by atoms with Crippen LogP contribution in [0.1, 0.15) is 13.8 Å². The fourth-order valence-electron chi connectivity index (χ4n) is 2.41. The second kappa shape index (κ2) is 7.73. The Morgan fingerprint density at radius 3 is 2.29 bits per heavy atom. The lowest BCUT2D eigenvalue weighted by Crippen LogP contribution is -2.42. The Kier molecular flexibility index (Phi) is 5.36. The summed E-state index contributed by atoms with van der Waals surface area (Å²) in [5.74, 6) is -3.10. The minimum Gasteiger partial charge on any atom is -0.419 e. The molecule has 2 aromatic rings. The molecular weight excluding hydrogens is 384 g/mol. The molecule has 0 aliphatic carbocycles. The Bertz CT molecular complexity index is 950. The van der Waals surface area contributed by atoms with Crippen molar-refractivity contribution in [2.75, 3.05) is 5.32 Å². The van der Waals surface area contributed by atoms with Crippen LogP contribution in [0.3, 0.4) is 0 Å². The van der Waals surface area contributed by atoms with Crippen molar-refractivity contribution < 1.29 is 24.0 Å². The molecule has 2 aromatic carbocycles. The van der Waals surface area contributed by atoms with Gasteiger partial charge in [-0.05, 0) is 24.3 Å². The molecule has 1 saturated heterocycles. The smallest absolute Gasteiger partial charge is 0.350 e. The Hall–Kier alpha value is -3.33. The highest BCUT2D eigenvalue weighted by atomic mass is 32.2. The summed E-state index contributed by atoms with van der Waals surface area (Å²) in [5.41, 5.74) is -0.453. The second-order valence-electron chi connectivity index (χ2n) is 6.23. The van der Waals surface area contributed by atoms with Crippen LogP contribution >= 0.6 is 11.8 Å². The summed E-state index contributed by atoms with van der Waals surface area (Å²) in [4.78, 5) is 36.5. The molecule has 0 saturated carbocycles. The molecular formula is C19H16N2O6S. The number of carbonyl (C=O) groups excluding carboxylic acids is 2. The van der Waals surface area contributed by atoms with Gasteiger partial charge in [-0.15, -0.1) is 0 Å². The van der Waals surface area contributed by atoms with E-state index >= 15 is 0 Å². The summed E-state index contributed by atoms with van der Waals surface area (Å²) in [7, 11) is 0. The number of anilines is 1. The molecule has 1 aliphatic heterocycles. The lowest BCUT2D eigenvalue weighted by molar-refractivity contribution is -0.384. The standard InChI is InChI=1S/C19H16N2O6S/c1-19(2)26-17(22)14(18(23)27-19)11-20-15-10-13(8-9-16(15)21(24)25)28-12-6-4-3-5-7-12/h3-11,20H,1-2H3. The van der Waals surface area contributed by atoms with Crippen molar-refractivity contribution in [3.8, 4) is 0 Å². The van der Waals surface area contributed by atoms with E-state index in [1.54, 1.807) is 12.1 Å². The van der Waals surface area contributed by atoms with Gasteiger partial charge in [-0.3, -0.25) is 10.1 Å². The number of nitro groups is 1. The normalized spacial score (nSPS) is 15.4. The first-order chi connectivity index (χ1) is 13.2. The summed E-state index contributed by atoms with van der Waals surface area (Å²) in [5, 5.41) is 14.0. The molecule has 1 fully saturated rings. The van der Waals surface area contributed by atoms with Crippen molar-refractivity contribution in [2.45, 2.75) is 29.4 Å². The predicted molar refractivity (Wildman–Crippen MR) is 102 cm³/mol. The number of hydrogen-bond donors (Lipinski definition) is 1. The van der Waals surface area contributed by atoms with Crippen molar-refractivity contribution in [1.82, 2.24) is 0 Å². The van der Waals surface area contributed by atoms with Crippen LogP contribution in [-0.4, -0.2) is 22.6 Å². The van der Waals surface area contributed by atoms with Crippen molar-refractivity contribution in [3.63, 3.8) is 0 Å². The molecule has 0 aromatic heterocycles. The van der Waals surface area contributed by atoms with Gasteiger partial charge in [0.25, 0.3) is 11.5 Å². The average Bonchev–Trinajstić information content (AvgIpc) is 2.61. The first-order valence-electron chi connectivity index (χ1n) is 8.20. The zero-order valence-corrected chi connectivity index (χ0v) is 15.8. The van der Waals surface area contributed by atoms with Gasteiger partial charge in [-0.1, -0.05) is 30.0 Å². The number of hydrogen-bond acceptors (Lipinski definition) is 8. The average molecular weight is 400 g/mol. The predicted octanol–water partition coefficient (Wildman–Crippen LogP) is 3.88. The van der Waals surface area contributed by atoms with E-state index in [0.29, 0.717) is 0 Å². The van der Waals surface area contributed by atoms with E-state index in [1.807, 2.05) is 30.3 Å². The number of esters is 2. The monoisotopic (exact) mass is 400 g/mol. The number of cyclic esters (lactones) is 2. The Labute approximate surface area is 164 Å². The van der Waals surface area contributed by atoms with Crippen LogP contribution in [0.2, 0.25) is 0 Å². The van der Waals surface area contributed by atoms with Crippen LogP contribution in [-0.2, 0) is 19.1 Å². The van der Waals surface area contributed by atoms with E-state index in [0.717, 1.165) is 16.0 Å². The molecule has 1 N–H and O–H groups in total. The van der Waals surface area contributed by atoms with E-state index < -0.39 is 22.6 Å². The van der Waals surface area contributed by atoms with Gasteiger partial charge in [0.1, 0.15) is 5.69 Å². The van der Waals surface area contributed by atoms with Crippen molar-refractivity contribution >= 4 is 35.1 Å². The summed E-state index contributed by atoms with van der Waals surface area (Å²) >= 11 is 1.42. The first kappa shape index (κ1) is 19.4. The molecule has 28 heavy (non-hydrogen) atoms. The van der Waals surface area contributed by atoms with Crippen LogP contribution < -0.4 is 5.32 Å². The van der Waals surface area contributed by atoms with Gasteiger partial charge < -0.3 is 14.8 Å². The molecule has 0 bridgehead atoms. The topological polar surface area (TPSA) is 108 Å². The summed E-state index contributed by atoms with van der Waals surface area (Å²) in [6.45, 7) is 2.87. The molecule has 0 amide bonds. The minimum absolute atomic E-state index is 0.129. The summed E-state index contributed by atoms with van der Waals surface area (Å²) in [6, 6.07) is 14.0. The molecule has 0 unspecified atom stereocenters. The molecule has 0 spiro atoms. The van der Waals surface area contributed by atoms with Crippen molar-refractivity contribution in [2.24, 2.45) is 0 Å². The third-order valence-electron chi connectivity index (χ3n) is 3.63. The molecule has 9 heteroatoms. The Morgan fingerprint density at radius 1 is 1.04 bits per heavy atom. The number of ether oxygens (including phenoxy) is 2. The van der Waals surface area contributed by atoms with E-state index in [1.165, 1.54) is 31.7 Å². The lowest BCUT2D eigenvalue weighted by Gasteiger charge is -2.29. The van der Waals surface area contributed by atoms with Gasteiger partial charge in [0.05, 0.1) is 4.92 Å². The molecule has 3 rings (SSSR count). The second-order valence-corrected chi connectivity index (χ2v) is 7.38. The summed E-state index contributed by atoms with van der Waals surface area (Å²) in [6.07, 6.45) is 1.05.